The van der Waals surface area contributed by atoms with E-state index in [-0.39, 0.29) is 11.0 Å². The van der Waals surface area contributed by atoms with Crippen LogP contribution in [0.25, 0.3) is 0 Å². The van der Waals surface area contributed by atoms with Crippen molar-refractivity contribution in [2.75, 3.05) is 0 Å². The van der Waals surface area contributed by atoms with Crippen LogP contribution in [-0.4, -0.2) is 18.0 Å². The summed E-state index contributed by atoms with van der Waals surface area (Å²) in [6, 6.07) is 2.10. The Morgan fingerprint density at radius 1 is 1.53 bits per heavy atom. The van der Waals surface area contributed by atoms with Crippen molar-refractivity contribution in [2.24, 2.45) is 0 Å². The summed E-state index contributed by atoms with van der Waals surface area (Å²) >= 11 is 5.58. The zero-order valence-electron chi connectivity index (χ0n) is 9.82. The highest BCUT2D eigenvalue weighted by molar-refractivity contribution is 6.28. The lowest BCUT2D eigenvalue weighted by Gasteiger charge is -2.20. The van der Waals surface area contributed by atoms with Gasteiger partial charge in [0.1, 0.15) is 23.7 Å². The number of ether oxygens (including phenoxy) is 1. The van der Waals surface area contributed by atoms with Gasteiger partial charge in [-0.25, -0.2) is 4.79 Å². The van der Waals surface area contributed by atoms with E-state index in [2.05, 4.69) is 5.32 Å². The molecule has 17 heavy (non-hydrogen) atoms. The van der Waals surface area contributed by atoms with E-state index in [9.17, 15) is 9.59 Å². The molecule has 0 aliphatic rings. The van der Waals surface area contributed by atoms with Crippen molar-refractivity contribution in [1.29, 1.82) is 0 Å². The molecule has 1 atom stereocenters. The maximum absolute atomic E-state index is 11.4. The third kappa shape index (κ3) is 4.48. The van der Waals surface area contributed by atoms with Gasteiger partial charge in [-0.1, -0.05) is 0 Å². The van der Waals surface area contributed by atoms with Crippen molar-refractivity contribution in [1.82, 2.24) is 5.32 Å². The number of hydrogen-bond acceptors (Lipinski definition) is 4. The van der Waals surface area contributed by atoms with Crippen LogP contribution in [0.2, 0.25) is 5.22 Å². The van der Waals surface area contributed by atoms with Crippen LogP contribution in [-0.2, 0) is 9.53 Å². The van der Waals surface area contributed by atoms with Gasteiger partial charge < -0.3 is 19.3 Å². The number of carbonyl (C=O) groups excluding carboxylic acids is 2. The van der Waals surface area contributed by atoms with Crippen molar-refractivity contribution < 1.29 is 18.7 Å². The lowest BCUT2D eigenvalue weighted by molar-refractivity contribution is -0.110. The van der Waals surface area contributed by atoms with Crippen LogP contribution < -0.4 is 5.32 Å². The van der Waals surface area contributed by atoms with Crippen LogP contribution in [0.4, 0.5) is 4.79 Å². The molecule has 0 fully saturated rings. The van der Waals surface area contributed by atoms with E-state index < -0.39 is 17.7 Å². The molecule has 0 aromatic carbocycles. The standard InChI is InChI=1S/C11H14ClNO4/c1-11(2,3)17-10(15)13-7(6-14)8-4-5-9(12)16-8/h4-7H,1-3H3,(H,13,15). The minimum Gasteiger partial charge on any atom is -0.447 e. The molecule has 6 heteroatoms. The second kappa shape index (κ2) is 5.23. The van der Waals surface area contributed by atoms with Gasteiger partial charge in [0.25, 0.3) is 0 Å². The van der Waals surface area contributed by atoms with Crippen LogP contribution in [0.3, 0.4) is 0 Å². The number of hydrogen-bond donors (Lipinski definition) is 1. The maximum Gasteiger partial charge on any atom is 0.408 e. The fraction of sp³-hybridized carbons (Fsp3) is 0.455. The smallest absolute Gasteiger partial charge is 0.408 e. The summed E-state index contributed by atoms with van der Waals surface area (Å²) in [7, 11) is 0. The lowest BCUT2D eigenvalue weighted by atomic mass is 10.2. The van der Waals surface area contributed by atoms with Crippen LogP contribution >= 0.6 is 11.6 Å². The molecule has 94 valence electrons. The van der Waals surface area contributed by atoms with Gasteiger partial charge in [-0.2, -0.15) is 0 Å². The Morgan fingerprint density at radius 2 is 2.18 bits per heavy atom. The van der Waals surface area contributed by atoms with Gasteiger partial charge in [-0.3, -0.25) is 0 Å². The molecule has 0 saturated heterocycles. The summed E-state index contributed by atoms with van der Waals surface area (Å²) < 4.78 is 10.0. The van der Waals surface area contributed by atoms with E-state index >= 15 is 0 Å². The molecule has 5 nitrogen and oxygen atoms in total. The van der Waals surface area contributed by atoms with Gasteiger partial charge in [0, 0.05) is 0 Å². The molecule has 1 aromatic rings. The maximum atomic E-state index is 11.4. The van der Waals surface area contributed by atoms with Gasteiger partial charge in [0.05, 0.1) is 0 Å². The SMILES string of the molecule is CC(C)(C)OC(=O)NC(C=O)c1ccc(Cl)o1. The first kappa shape index (κ1) is 13.6. The van der Waals surface area contributed by atoms with Crippen molar-refractivity contribution in [2.45, 2.75) is 32.4 Å². The lowest BCUT2D eigenvalue weighted by Crippen LogP contribution is -2.35. The predicted molar refractivity (Wildman–Crippen MR) is 61.9 cm³/mol. The van der Waals surface area contributed by atoms with Gasteiger partial charge in [0.15, 0.2) is 5.22 Å². The average molecular weight is 260 g/mol. The second-order valence-electron chi connectivity index (χ2n) is 4.40. The Hall–Kier alpha value is -1.49. The normalized spacial score (nSPS) is 12.9. The molecule has 0 spiro atoms. The molecular formula is C11H14ClNO4. The summed E-state index contributed by atoms with van der Waals surface area (Å²) in [6.45, 7) is 5.19. The molecule has 0 bridgehead atoms. The Kier molecular flexibility index (Phi) is 4.17. The first-order valence-corrected chi connectivity index (χ1v) is 5.39. The second-order valence-corrected chi connectivity index (χ2v) is 4.77. The molecule has 1 heterocycles. The number of halogens is 1. The molecule has 1 N–H and O–H groups in total. The molecule has 0 aliphatic carbocycles. The zero-order valence-corrected chi connectivity index (χ0v) is 10.6. The van der Waals surface area contributed by atoms with E-state index in [4.69, 9.17) is 20.8 Å². The third-order valence-electron chi connectivity index (χ3n) is 1.71. The monoisotopic (exact) mass is 259 g/mol. The summed E-state index contributed by atoms with van der Waals surface area (Å²) in [5, 5.41) is 2.52. The summed E-state index contributed by atoms with van der Waals surface area (Å²) in [6.07, 6.45) is -0.152. The molecular weight excluding hydrogens is 246 g/mol. The number of furan rings is 1. The highest BCUT2D eigenvalue weighted by atomic mass is 35.5. The third-order valence-corrected chi connectivity index (χ3v) is 1.91. The van der Waals surface area contributed by atoms with Crippen molar-refractivity contribution in [3.8, 4) is 0 Å². The van der Waals surface area contributed by atoms with Gasteiger partial charge >= 0.3 is 6.09 Å². The number of nitrogens with one attached hydrogen (secondary N) is 1. The summed E-state index contributed by atoms with van der Waals surface area (Å²) in [5.74, 6) is 0.260. The minimum atomic E-state index is -0.905. The Labute approximate surface area is 104 Å². The number of alkyl carbamates (subject to hydrolysis) is 1. The highest BCUT2D eigenvalue weighted by Gasteiger charge is 2.21. The fourth-order valence-corrected chi connectivity index (χ4v) is 1.25. The molecule has 1 rings (SSSR count). The average Bonchev–Trinajstić information content (AvgIpc) is 2.58. The van der Waals surface area contributed by atoms with Crippen molar-refractivity contribution >= 4 is 24.0 Å². The Bertz CT molecular complexity index is 408. The van der Waals surface area contributed by atoms with E-state index in [0.29, 0.717) is 6.29 Å². The first-order valence-electron chi connectivity index (χ1n) is 5.02. The fourth-order valence-electron chi connectivity index (χ4n) is 1.10. The van der Waals surface area contributed by atoms with Gasteiger partial charge in [-0.15, -0.1) is 0 Å². The van der Waals surface area contributed by atoms with Crippen molar-refractivity contribution in [3.05, 3.63) is 23.1 Å². The van der Waals surface area contributed by atoms with Crippen LogP contribution in [0.15, 0.2) is 16.5 Å². The van der Waals surface area contributed by atoms with E-state index in [0.717, 1.165) is 0 Å². The van der Waals surface area contributed by atoms with Gasteiger partial charge in [0.2, 0.25) is 0 Å². The molecule has 1 aromatic heterocycles. The minimum absolute atomic E-state index is 0.151. The van der Waals surface area contributed by atoms with E-state index in [1.807, 2.05) is 0 Å². The topological polar surface area (TPSA) is 68.5 Å². The number of aldehydes is 1. The van der Waals surface area contributed by atoms with E-state index in [1.165, 1.54) is 12.1 Å². The number of carbonyl (C=O) groups is 2. The molecule has 1 amide bonds. The van der Waals surface area contributed by atoms with Crippen LogP contribution in [0, 0.1) is 0 Å². The number of amides is 1. The molecule has 0 radical (unpaired) electrons. The van der Waals surface area contributed by atoms with Crippen LogP contribution in [0.5, 0.6) is 0 Å². The first-order chi connectivity index (χ1) is 7.81. The largest absolute Gasteiger partial charge is 0.447 e. The summed E-state index contributed by atoms with van der Waals surface area (Å²) in [4.78, 5) is 22.3. The number of rotatable bonds is 3. The highest BCUT2D eigenvalue weighted by Crippen LogP contribution is 2.19. The summed E-state index contributed by atoms with van der Waals surface area (Å²) in [5.41, 5.74) is -0.627. The Morgan fingerprint density at radius 3 is 2.59 bits per heavy atom. The van der Waals surface area contributed by atoms with Crippen molar-refractivity contribution in [3.63, 3.8) is 0 Å². The predicted octanol–water partition coefficient (Wildman–Crippen LogP) is 2.70. The molecule has 1 unspecified atom stereocenters. The van der Waals surface area contributed by atoms with E-state index in [1.54, 1.807) is 20.8 Å². The zero-order chi connectivity index (χ0) is 13.1. The Balaban J connectivity index is 2.65. The molecule has 0 aliphatic heterocycles. The quantitative estimate of drug-likeness (QED) is 0.848. The van der Waals surface area contributed by atoms with Crippen LogP contribution in [0.1, 0.15) is 32.6 Å². The molecule has 0 saturated carbocycles. The van der Waals surface area contributed by atoms with Gasteiger partial charge in [-0.05, 0) is 44.5 Å².